The minimum absolute atomic E-state index is 0.152. The normalized spacial score (nSPS) is 10.3. The first-order chi connectivity index (χ1) is 8.92. The highest BCUT2D eigenvalue weighted by molar-refractivity contribution is 7.80. The van der Waals surface area contributed by atoms with Crippen molar-refractivity contribution in [2.45, 2.75) is 20.3 Å². The molecule has 0 bridgehead atoms. The van der Waals surface area contributed by atoms with Crippen molar-refractivity contribution in [3.8, 4) is 0 Å². The summed E-state index contributed by atoms with van der Waals surface area (Å²) in [6.07, 6.45) is 0.887. The first-order valence-corrected chi connectivity index (χ1v) is 6.48. The zero-order valence-electron chi connectivity index (χ0n) is 11.8. The maximum atomic E-state index is 11.5. The molecule has 19 heavy (non-hydrogen) atoms. The van der Waals surface area contributed by atoms with Crippen LogP contribution in [0.25, 0.3) is 0 Å². The number of esters is 1. The van der Waals surface area contributed by atoms with Gasteiger partial charge in [-0.25, -0.2) is 0 Å². The van der Waals surface area contributed by atoms with Crippen LogP contribution in [-0.4, -0.2) is 40.9 Å². The van der Waals surface area contributed by atoms with E-state index >= 15 is 0 Å². The second-order valence-electron chi connectivity index (χ2n) is 4.27. The second-order valence-corrected chi connectivity index (χ2v) is 4.71. The molecule has 7 heteroatoms. The fourth-order valence-electron chi connectivity index (χ4n) is 2.05. The van der Waals surface area contributed by atoms with Gasteiger partial charge in [-0.15, -0.1) is 0 Å². The van der Waals surface area contributed by atoms with E-state index in [1.165, 1.54) is 7.11 Å². The Bertz CT molecular complexity index is 484. The minimum atomic E-state index is -0.304. The van der Waals surface area contributed by atoms with E-state index in [1.54, 1.807) is 4.68 Å². The number of methoxy groups -OCH3 is 1. The molecule has 0 spiro atoms. The molecule has 2 N–H and O–H groups in total. The maximum Gasteiger partial charge on any atom is 0.325 e. The summed E-state index contributed by atoms with van der Waals surface area (Å²) in [6.45, 7) is 4.73. The molecule has 0 aliphatic heterocycles. The number of anilines is 1. The summed E-state index contributed by atoms with van der Waals surface area (Å²) in [6, 6.07) is 0. The third-order valence-corrected chi connectivity index (χ3v) is 2.98. The van der Waals surface area contributed by atoms with Gasteiger partial charge in [0.1, 0.15) is 17.4 Å². The Labute approximate surface area is 118 Å². The van der Waals surface area contributed by atoms with Gasteiger partial charge in [-0.05, 0) is 13.3 Å². The molecule has 1 rings (SSSR count). The lowest BCUT2D eigenvalue weighted by Crippen LogP contribution is -2.34. The highest BCUT2D eigenvalue weighted by atomic mass is 32.1. The molecule has 106 valence electrons. The van der Waals surface area contributed by atoms with Crippen LogP contribution in [-0.2, 0) is 16.6 Å². The van der Waals surface area contributed by atoms with E-state index in [1.807, 2.05) is 25.8 Å². The molecule has 0 atom stereocenters. The summed E-state index contributed by atoms with van der Waals surface area (Å²) in [4.78, 5) is 13.7. The van der Waals surface area contributed by atoms with Crippen molar-refractivity contribution >= 4 is 29.0 Å². The number of nitrogens with zero attached hydrogens (tertiary/aromatic N) is 3. The second kappa shape index (κ2) is 6.51. The summed E-state index contributed by atoms with van der Waals surface area (Å²) in [5, 5.41) is 4.32. The lowest BCUT2D eigenvalue weighted by Gasteiger charge is -2.24. The van der Waals surface area contributed by atoms with Crippen molar-refractivity contribution in [1.29, 1.82) is 0 Å². The van der Waals surface area contributed by atoms with Gasteiger partial charge in [0, 0.05) is 13.6 Å². The van der Waals surface area contributed by atoms with Crippen molar-refractivity contribution in [3.63, 3.8) is 0 Å². The Morgan fingerprint density at radius 3 is 2.68 bits per heavy atom. The largest absolute Gasteiger partial charge is 0.468 e. The standard InChI is InChI=1S/C12H20N4O2S/c1-5-6-16(7-9(17)18-4)12-10(11(13)19)8(2)14-15(12)3/h5-7H2,1-4H3,(H2,13,19). The number of hydrogen-bond donors (Lipinski definition) is 1. The van der Waals surface area contributed by atoms with E-state index < -0.39 is 0 Å². The van der Waals surface area contributed by atoms with Crippen LogP contribution in [0.2, 0.25) is 0 Å². The summed E-state index contributed by atoms with van der Waals surface area (Å²) in [5.74, 6) is 0.457. The summed E-state index contributed by atoms with van der Waals surface area (Å²) < 4.78 is 6.42. The molecule has 6 nitrogen and oxygen atoms in total. The molecule has 1 heterocycles. The topological polar surface area (TPSA) is 73.4 Å². The Hall–Kier alpha value is -1.63. The molecule has 1 aromatic heterocycles. The van der Waals surface area contributed by atoms with Crippen molar-refractivity contribution in [2.75, 3.05) is 25.1 Å². The Kier molecular flexibility index (Phi) is 5.29. The van der Waals surface area contributed by atoms with Crippen LogP contribution >= 0.6 is 12.2 Å². The predicted octanol–water partition coefficient (Wildman–Crippen LogP) is 0.752. The summed E-state index contributed by atoms with van der Waals surface area (Å²) >= 11 is 5.08. The smallest absolute Gasteiger partial charge is 0.325 e. The molecule has 0 saturated heterocycles. The molecule has 0 aromatic carbocycles. The first-order valence-electron chi connectivity index (χ1n) is 6.07. The van der Waals surface area contributed by atoms with E-state index in [4.69, 9.17) is 22.7 Å². The number of hydrogen-bond acceptors (Lipinski definition) is 5. The van der Waals surface area contributed by atoms with Crippen molar-refractivity contribution in [1.82, 2.24) is 9.78 Å². The maximum absolute atomic E-state index is 11.5. The highest BCUT2D eigenvalue weighted by Gasteiger charge is 2.22. The number of aryl methyl sites for hydroxylation is 2. The fourth-order valence-corrected chi connectivity index (χ4v) is 2.29. The quantitative estimate of drug-likeness (QED) is 0.614. The summed E-state index contributed by atoms with van der Waals surface area (Å²) in [5.41, 5.74) is 7.24. The first kappa shape index (κ1) is 15.4. The van der Waals surface area contributed by atoms with E-state index in [0.717, 1.165) is 23.5 Å². The SMILES string of the molecule is CCCN(CC(=O)OC)c1c(C(N)=S)c(C)nn1C. The van der Waals surface area contributed by atoms with Crippen molar-refractivity contribution < 1.29 is 9.53 Å². The van der Waals surface area contributed by atoms with Gasteiger partial charge in [-0.3, -0.25) is 9.48 Å². The molecule has 0 saturated carbocycles. The number of aromatic nitrogens is 2. The number of nitrogens with two attached hydrogens (primary N) is 1. The number of carbonyl (C=O) groups is 1. The number of carbonyl (C=O) groups excluding carboxylic acids is 1. The van der Waals surface area contributed by atoms with Crippen LogP contribution in [0, 0.1) is 6.92 Å². The molecule has 0 aliphatic carbocycles. The molecule has 0 fully saturated rings. The predicted molar refractivity (Wildman–Crippen MR) is 78.4 cm³/mol. The third-order valence-electron chi connectivity index (χ3n) is 2.78. The van der Waals surface area contributed by atoms with Gasteiger partial charge in [0.15, 0.2) is 0 Å². The molecular formula is C12H20N4O2S. The van der Waals surface area contributed by atoms with Gasteiger partial charge in [-0.2, -0.15) is 5.10 Å². The van der Waals surface area contributed by atoms with Gasteiger partial charge >= 0.3 is 5.97 Å². The van der Waals surface area contributed by atoms with E-state index in [-0.39, 0.29) is 17.5 Å². The van der Waals surface area contributed by atoms with Crippen LogP contribution in [0.5, 0.6) is 0 Å². The van der Waals surface area contributed by atoms with E-state index in [9.17, 15) is 4.79 Å². The average molecular weight is 284 g/mol. The molecular weight excluding hydrogens is 264 g/mol. The lowest BCUT2D eigenvalue weighted by molar-refractivity contribution is -0.138. The van der Waals surface area contributed by atoms with Gasteiger partial charge in [0.25, 0.3) is 0 Å². The van der Waals surface area contributed by atoms with Gasteiger partial charge in [-0.1, -0.05) is 19.1 Å². The Balaban J connectivity index is 3.21. The Morgan fingerprint density at radius 1 is 1.58 bits per heavy atom. The number of ether oxygens (including phenoxy) is 1. The van der Waals surface area contributed by atoms with Crippen molar-refractivity contribution in [2.24, 2.45) is 12.8 Å². The van der Waals surface area contributed by atoms with Crippen LogP contribution < -0.4 is 10.6 Å². The highest BCUT2D eigenvalue weighted by Crippen LogP contribution is 2.23. The molecule has 0 amide bonds. The van der Waals surface area contributed by atoms with Crippen LogP contribution in [0.4, 0.5) is 5.82 Å². The molecule has 1 aromatic rings. The fraction of sp³-hybridized carbons (Fsp3) is 0.583. The van der Waals surface area contributed by atoms with E-state index in [2.05, 4.69) is 5.10 Å². The Morgan fingerprint density at radius 2 is 2.21 bits per heavy atom. The monoisotopic (exact) mass is 284 g/mol. The van der Waals surface area contributed by atoms with Gasteiger partial charge in [0.05, 0.1) is 18.4 Å². The third kappa shape index (κ3) is 3.44. The van der Waals surface area contributed by atoms with Gasteiger partial charge in [0.2, 0.25) is 0 Å². The average Bonchev–Trinajstić information content (AvgIpc) is 2.63. The lowest BCUT2D eigenvalue weighted by atomic mass is 10.2. The molecule has 0 aliphatic rings. The molecule has 0 unspecified atom stereocenters. The van der Waals surface area contributed by atoms with Crippen LogP contribution in [0.3, 0.4) is 0 Å². The number of thiocarbonyl (C=S) groups is 1. The van der Waals surface area contributed by atoms with Crippen LogP contribution in [0.1, 0.15) is 24.6 Å². The minimum Gasteiger partial charge on any atom is -0.468 e. The van der Waals surface area contributed by atoms with Crippen molar-refractivity contribution in [3.05, 3.63) is 11.3 Å². The zero-order valence-corrected chi connectivity index (χ0v) is 12.6. The zero-order chi connectivity index (χ0) is 14.6. The van der Waals surface area contributed by atoms with Gasteiger partial charge < -0.3 is 15.4 Å². The summed E-state index contributed by atoms with van der Waals surface area (Å²) in [7, 11) is 3.18. The number of rotatable bonds is 6. The van der Waals surface area contributed by atoms with E-state index in [0.29, 0.717) is 6.54 Å². The molecule has 0 radical (unpaired) electrons. The van der Waals surface area contributed by atoms with Crippen LogP contribution in [0.15, 0.2) is 0 Å².